The Balaban J connectivity index is 1.48. The zero-order valence-electron chi connectivity index (χ0n) is 20.9. The SMILES string of the molecule is Cc1cccc(NC(=O)CN(CC2CCCO2)C(=O)CN2C(=O)NC(C)(c3ccccc3)C2=O)c1C. The van der Waals surface area contributed by atoms with Crippen molar-refractivity contribution in [2.24, 2.45) is 0 Å². The summed E-state index contributed by atoms with van der Waals surface area (Å²) in [5, 5.41) is 5.59. The summed E-state index contributed by atoms with van der Waals surface area (Å²) >= 11 is 0. The minimum absolute atomic E-state index is 0.194. The van der Waals surface area contributed by atoms with Gasteiger partial charge in [-0.1, -0.05) is 42.5 Å². The van der Waals surface area contributed by atoms with Crippen molar-refractivity contribution < 1.29 is 23.9 Å². The van der Waals surface area contributed by atoms with Crippen LogP contribution in [0.15, 0.2) is 48.5 Å². The molecule has 190 valence electrons. The lowest BCUT2D eigenvalue weighted by atomic mass is 9.92. The molecule has 5 amide bonds. The number of hydrogen-bond acceptors (Lipinski definition) is 5. The van der Waals surface area contributed by atoms with Crippen LogP contribution in [0.25, 0.3) is 0 Å². The number of nitrogens with zero attached hydrogens (tertiary/aromatic N) is 2. The van der Waals surface area contributed by atoms with Crippen molar-refractivity contribution in [3.8, 4) is 0 Å². The number of ether oxygens (including phenoxy) is 1. The van der Waals surface area contributed by atoms with E-state index in [2.05, 4.69) is 10.6 Å². The van der Waals surface area contributed by atoms with Crippen molar-refractivity contribution in [3.05, 3.63) is 65.2 Å². The predicted octanol–water partition coefficient (Wildman–Crippen LogP) is 2.72. The van der Waals surface area contributed by atoms with E-state index in [0.29, 0.717) is 17.9 Å². The minimum Gasteiger partial charge on any atom is -0.376 e. The number of hydrogen-bond donors (Lipinski definition) is 2. The number of rotatable bonds is 8. The van der Waals surface area contributed by atoms with E-state index < -0.39 is 29.9 Å². The molecule has 4 rings (SSSR count). The summed E-state index contributed by atoms with van der Waals surface area (Å²) in [6.07, 6.45) is 1.46. The summed E-state index contributed by atoms with van der Waals surface area (Å²) in [4.78, 5) is 54.5. The lowest BCUT2D eigenvalue weighted by Crippen LogP contribution is -2.48. The molecule has 2 aromatic carbocycles. The quantitative estimate of drug-likeness (QED) is 0.551. The number of aryl methyl sites for hydroxylation is 1. The molecule has 0 spiro atoms. The first-order valence-corrected chi connectivity index (χ1v) is 12.1. The number of urea groups is 1. The average molecular weight is 493 g/mol. The van der Waals surface area contributed by atoms with Crippen LogP contribution in [0.2, 0.25) is 0 Å². The number of imide groups is 1. The number of benzene rings is 2. The molecule has 36 heavy (non-hydrogen) atoms. The molecule has 0 bridgehead atoms. The molecule has 0 aromatic heterocycles. The fourth-order valence-electron chi connectivity index (χ4n) is 4.58. The van der Waals surface area contributed by atoms with Crippen molar-refractivity contribution >= 4 is 29.4 Å². The van der Waals surface area contributed by atoms with Gasteiger partial charge in [0.25, 0.3) is 5.91 Å². The maximum Gasteiger partial charge on any atom is 0.325 e. The third-order valence-corrected chi connectivity index (χ3v) is 6.93. The van der Waals surface area contributed by atoms with Gasteiger partial charge in [-0.3, -0.25) is 19.3 Å². The molecule has 2 saturated heterocycles. The number of amides is 5. The topological polar surface area (TPSA) is 108 Å². The van der Waals surface area contributed by atoms with Gasteiger partial charge in [0.1, 0.15) is 18.6 Å². The molecule has 2 aliphatic heterocycles. The van der Waals surface area contributed by atoms with Crippen LogP contribution in [0.5, 0.6) is 0 Å². The first-order chi connectivity index (χ1) is 17.2. The monoisotopic (exact) mass is 492 g/mol. The lowest BCUT2D eigenvalue weighted by molar-refractivity contribution is -0.141. The van der Waals surface area contributed by atoms with E-state index in [4.69, 9.17) is 4.74 Å². The summed E-state index contributed by atoms with van der Waals surface area (Å²) in [7, 11) is 0. The van der Waals surface area contributed by atoms with Crippen molar-refractivity contribution in [2.45, 2.75) is 45.3 Å². The van der Waals surface area contributed by atoms with Crippen molar-refractivity contribution in [3.63, 3.8) is 0 Å². The van der Waals surface area contributed by atoms with Gasteiger partial charge in [0.2, 0.25) is 11.8 Å². The Morgan fingerprint density at radius 3 is 2.58 bits per heavy atom. The molecular weight excluding hydrogens is 460 g/mol. The molecule has 2 N–H and O–H groups in total. The highest BCUT2D eigenvalue weighted by molar-refractivity contribution is 6.09. The fraction of sp³-hybridized carbons (Fsp3) is 0.407. The maximum atomic E-state index is 13.4. The van der Waals surface area contributed by atoms with E-state index in [0.717, 1.165) is 28.9 Å². The molecule has 2 aromatic rings. The van der Waals surface area contributed by atoms with Gasteiger partial charge in [-0.15, -0.1) is 0 Å². The third-order valence-electron chi connectivity index (χ3n) is 6.93. The van der Waals surface area contributed by atoms with E-state index in [-0.39, 0.29) is 25.1 Å². The van der Waals surface area contributed by atoms with E-state index in [1.54, 1.807) is 31.2 Å². The molecule has 0 radical (unpaired) electrons. The van der Waals surface area contributed by atoms with Gasteiger partial charge in [0, 0.05) is 18.8 Å². The van der Waals surface area contributed by atoms with Gasteiger partial charge in [0.05, 0.1) is 6.10 Å². The Hall–Kier alpha value is -3.72. The predicted molar refractivity (Wildman–Crippen MR) is 134 cm³/mol. The second-order valence-corrected chi connectivity index (χ2v) is 9.52. The second-order valence-electron chi connectivity index (χ2n) is 9.52. The number of carbonyl (C=O) groups is 4. The Morgan fingerprint density at radius 1 is 1.14 bits per heavy atom. The Labute approximate surface area is 210 Å². The smallest absolute Gasteiger partial charge is 0.325 e. The summed E-state index contributed by atoms with van der Waals surface area (Å²) in [5.74, 6) is -1.37. The zero-order chi connectivity index (χ0) is 25.9. The first kappa shape index (κ1) is 25.4. The van der Waals surface area contributed by atoms with Crippen LogP contribution in [0.4, 0.5) is 10.5 Å². The molecule has 9 heteroatoms. The maximum absolute atomic E-state index is 13.4. The van der Waals surface area contributed by atoms with Crippen molar-refractivity contribution in [2.75, 3.05) is 31.6 Å². The van der Waals surface area contributed by atoms with Crippen LogP contribution in [0.1, 0.15) is 36.5 Å². The second kappa shape index (κ2) is 10.5. The summed E-state index contributed by atoms with van der Waals surface area (Å²) in [5.41, 5.74) is 2.03. The highest BCUT2D eigenvalue weighted by Crippen LogP contribution is 2.28. The van der Waals surface area contributed by atoms with Crippen LogP contribution in [-0.4, -0.2) is 65.9 Å². The number of anilines is 1. The molecule has 9 nitrogen and oxygen atoms in total. The van der Waals surface area contributed by atoms with Crippen LogP contribution >= 0.6 is 0 Å². The van der Waals surface area contributed by atoms with Crippen LogP contribution in [0.3, 0.4) is 0 Å². The van der Waals surface area contributed by atoms with Gasteiger partial charge < -0.3 is 20.3 Å². The van der Waals surface area contributed by atoms with Gasteiger partial charge in [-0.05, 0) is 56.4 Å². The van der Waals surface area contributed by atoms with Crippen molar-refractivity contribution in [1.29, 1.82) is 0 Å². The average Bonchev–Trinajstić information content (AvgIpc) is 3.44. The fourth-order valence-corrected chi connectivity index (χ4v) is 4.58. The van der Waals surface area contributed by atoms with Gasteiger partial charge in [-0.25, -0.2) is 4.79 Å². The van der Waals surface area contributed by atoms with Gasteiger partial charge in [-0.2, -0.15) is 0 Å². The molecule has 2 unspecified atom stereocenters. The number of carbonyl (C=O) groups excluding carboxylic acids is 4. The molecule has 2 aliphatic rings. The molecule has 2 heterocycles. The normalized spacial score (nSPS) is 21.4. The zero-order valence-corrected chi connectivity index (χ0v) is 20.9. The largest absolute Gasteiger partial charge is 0.376 e. The minimum atomic E-state index is -1.27. The molecular formula is C27H32N4O5. The highest BCUT2D eigenvalue weighted by atomic mass is 16.5. The highest BCUT2D eigenvalue weighted by Gasteiger charge is 2.49. The first-order valence-electron chi connectivity index (χ1n) is 12.1. The Morgan fingerprint density at radius 2 is 1.89 bits per heavy atom. The van der Waals surface area contributed by atoms with Crippen molar-refractivity contribution in [1.82, 2.24) is 15.1 Å². The summed E-state index contributed by atoms with van der Waals surface area (Å²) < 4.78 is 5.69. The van der Waals surface area contributed by atoms with Crippen LogP contribution < -0.4 is 10.6 Å². The molecule has 0 saturated carbocycles. The van der Waals surface area contributed by atoms with E-state index in [1.807, 2.05) is 38.1 Å². The van der Waals surface area contributed by atoms with E-state index in [1.165, 1.54) is 4.90 Å². The van der Waals surface area contributed by atoms with Gasteiger partial charge >= 0.3 is 6.03 Å². The molecule has 2 atom stereocenters. The number of nitrogens with one attached hydrogen (secondary N) is 2. The standard InChI is InChI=1S/C27H32N4O5/c1-18-9-7-13-22(19(18)2)28-23(32)16-30(15-21-12-8-14-36-21)24(33)17-31-25(34)27(3,29-26(31)35)20-10-5-4-6-11-20/h4-7,9-11,13,21H,8,12,14-17H2,1-3H3,(H,28,32)(H,29,35). The van der Waals surface area contributed by atoms with E-state index in [9.17, 15) is 19.2 Å². The molecule has 2 fully saturated rings. The Bertz CT molecular complexity index is 1160. The lowest BCUT2D eigenvalue weighted by Gasteiger charge is -2.27. The van der Waals surface area contributed by atoms with Crippen LogP contribution in [-0.2, 0) is 24.7 Å². The summed E-state index contributed by atoms with van der Waals surface area (Å²) in [6, 6.07) is 13.9. The van der Waals surface area contributed by atoms with E-state index >= 15 is 0 Å². The molecule has 0 aliphatic carbocycles. The third kappa shape index (κ3) is 5.26. The van der Waals surface area contributed by atoms with Gasteiger partial charge in [0.15, 0.2) is 0 Å². The Kier molecular flexibility index (Phi) is 7.40. The van der Waals surface area contributed by atoms with Crippen LogP contribution in [0, 0.1) is 13.8 Å². The summed E-state index contributed by atoms with van der Waals surface area (Å²) in [6.45, 7) is 5.63.